The van der Waals surface area contributed by atoms with Gasteiger partial charge in [-0.05, 0) is 30.5 Å². The molecule has 4 rings (SSSR count). The fraction of sp³-hybridized carbons (Fsp3) is 0.300. The van der Waals surface area contributed by atoms with Gasteiger partial charge in [0, 0.05) is 12.7 Å². The van der Waals surface area contributed by atoms with Gasteiger partial charge < -0.3 is 4.90 Å². The molecule has 2 atom stereocenters. The van der Waals surface area contributed by atoms with Crippen LogP contribution in [0.5, 0.6) is 0 Å². The van der Waals surface area contributed by atoms with Crippen LogP contribution in [0.15, 0.2) is 54.7 Å². The molecule has 29 heavy (non-hydrogen) atoms. The van der Waals surface area contributed by atoms with Gasteiger partial charge in [-0.25, -0.2) is 15.6 Å². The third-order valence-electron chi connectivity index (χ3n) is 5.16. The first-order chi connectivity index (χ1) is 14.1. The average Bonchev–Trinajstić information content (AvgIpc) is 3.01. The summed E-state index contributed by atoms with van der Waals surface area (Å²) in [5, 5.41) is 1.88. The summed E-state index contributed by atoms with van der Waals surface area (Å²) >= 11 is 0. The number of nitrogens with two attached hydrogens (primary N) is 1. The zero-order valence-electron chi connectivity index (χ0n) is 15.7. The first kappa shape index (κ1) is 19.0. The summed E-state index contributed by atoms with van der Waals surface area (Å²) in [6.07, 6.45) is 2.44. The van der Waals surface area contributed by atoms with Gasteiger partial charge in [0.05, 0.1) is 6.04 Å². The number of hydrazine groups is 1. The molecule has 2 aliphatic rings. The van der Waals surface area contributed by atoms with Crippen LogP contribution >= 0.6 is 0 Å². The first-order valence-corrected chi connectivity index (χ1v) is 9.37. The monoisotopic (exact) mass is 395 g/mol. The quantitative estimate of drug-likeness (QED) is 0.354. The molecule has 0 saturated carbocycles. The lowest BCUT2D eigenvalue weighted by molar-refractivity contribution is -0.140. The van der Waals surface area contributed by atoms with E-state index >= 15 is 0 Å². The Morgan fingerprint density at radius 2 is 1.90 bits per heavy atom. The zero-order chi connectivity index (χ0) is 20.4. The lowest BCUT2D eigenvalue weighted by Gasteiger charge is -2.31. The van der Waals surface area contributed by atoms with Crippen molar-refractivity contribution in [3.63, 3.8) is 0 Å². The molecule has 3 heterocycles. The molecule has 150 valence electrons. The maximum Gasteiger partial charge on any atom is 0.345 e. The van der Waals surface area contributed by atoms with Crippen molar-refractivity contribution in [2.24, 2.45) is 5.84 Å². The smallest absolute Gasteiger partial charge is 0.309 e. The van der Waals surface area contributed by atoms with Crippen LogP contribution in [-0.4, -0.2) is 56.4 Å². The Hall–Kier alpha value is -3.30. The molecule has 1 aromatic carbocycles. The van der Waals surface area contributed by atoms with Gasteiger partial charge >= 0.3 is 6.03 Å². The Labute approximate surface area is 167 Å². The van der Waals surface area contributed by atoms with Crippen LogP contribution in [0.25, 0.3) is 0 Å². The van der Waals surface area contributed by atoms with Crippen molar-refractivity contribution in [3.05, 3.63) is 66.0 Å². The van der Waals surface area contributed by atoms with Gasteiger partial charge in [-0.3, -0.25) is 19.4 Å². The van der Waals surface area contributed by atoms with Gasteiger partial charge in [-0.1, -0.05) is 36.4 Å². The number of aromatic nitrogens is 1. The molecule has 9 nitrogen and oxygen atoms in total. The van der Waals surface area contributed by atoms with Crippen LogP contribution in [0.2, 0.25) is 0 Å². The van der Waals surface area contributed by atoms with Crippen molar-refractivity contribution in [1.29, 1.82) is 0 Å². The number of pyridine rings is 1. The van der Waals surface area contributed by atoms with Crippen LogP contribution in [0, 0.1) is 0 Å². The normalized spacial score (nSPS) is 20.7. The van der Waals surface area contributed by atoms with Gasteiger partial charge in [0.1, 0.15) is 18.3 Å². The largest absolute Gasteiger partial charge is 0.345 e. The highest BCUT2D eigenvalue weighted by molar-refractivity contribution is 6.05. The van der Waals surface area contributed by atoms with E-state index in [4.69, 9.17) is 10.7 Å². The molecule has 2 N–H and O–H groups in total. The average molecular weight is 395 g/mol. The van der Waals surface area contributed by atoms with E-state index in [1.54, 1.807) is 12.1 Å². The molecule has 2 aliphatic heterocycles. The van der Waals surface area contributed by atoms with Crippen molar-refractivity contribution in [2.75, 3.05) is 6.54 Å². The van der Waals surface area contributed by atoms with Crippen LogP contribution in [0.4, 0.5) is 4.79 Å². The minimum absolute atomic E-state index is 0.0672. The number of amides is 4. The second-order valence-corrected chi connectivity index (χ2v) is 7.00. The SMILES string of the molecule is NN(C(=O)c1ccccn1)C(=O)[C@@H]1CC[C@@H]2CN1C(=O)N2OCc1ccccc1. The minimum Gasteiger partial charge on any atom is -0.309 e. The van der Waals surface area contributed by atoms with Crippen molar-refractivity contribution >= 4 is 17.8 Å². The number of hydrogen-bond acceptors (Lipinski definition) is 6. The van der Waals surface area contributed by atoms with Gasteiger partial charge in [-0.15, -0.1) is 0 Å². The van der Waals surface area contributed by atoms with Crippen molar-refractivity contribution in [3.8, 4) is 0 Å². The zero-order valence-corrected chi connectivity index (χ0v) is 15.7. The second-order valence-electron chi connectivity index (χ2n) is 7.00. The fourth-order valence-electron chi connectivity index (χ4n) is 3.65. The molecule has 0 spiro atoms. The highest BCUT2D eigenvalue weighted by Crippen LogP contribution is 2.31. The molecule has 9 heteroatoms. The van der Waals surface area contributed by atoms with E-state index in [0.29, 0.717) is 24.4 Å². The van der Waals surface area contributed by atoms with Crippen LogP contribution < -0.4 is 5.84 Å². The Morgan fingerprint density at radius 3 is 2.62 bits per heavy atom. The molecule has 2 bridgehead atoms. The second kappa shape index (κ2) is 7.98. The lowest BCUT2D eigenvalue weighted by Crippen LogP contribution is -2.55. The molecular weight excluding hydrogens is 374 g/mol. The van der Waals surface area contributed by atoms with Gasteiger partial charge in [0.15, 0.2) is 0 Å². The maximum atomic E-state index is 12.8. The number of hydroxylamine groups is 2. The van der Waals surface area contributed by atoms with E-state index < -0.39 is 17.9 Å². The van der Waals surface area contributed by atoms with Gasteiger partial charge in [0.2, 0.25) is 0 Å². The minimum atomic E-state index is -0.804. The van der Waals surface area contributed by atoms with Gasteiger partial charge in [-0.2, -0.15) is 5.06 Å². The number of rotatable bonds is 5. The number of benzene rings is 1. The van der Waals surface area contributed by atoms with Crippen molar-refractivity contribution in [2.45, 2.75) is 31.5 Å². The molecule has 1 aromatic heterocycles. The number of carbonyl (C=O) groups is 3. The first-order valence-electron chi connectivity index (χ1n) is 9.37. The summed E-state index contributed by atoms with van der Waals surface area (Å²) in [4.78, 5) is 49.1. The molecule has 0 unspecified atom stereocenters. The fourth-order valence-corrected chi connectivity index (χ4v) is 3.65. The summed E-state index contributed by atoms with van der Waals surface area (Å²) in [7, 11) is 0. The number of carbonyl (C=O) groups excluding carboxylic acids is 3. The van der Waals surface area contributed by atoms with E-state index in [9.17, 15) is 14.4 Å². The predicted octanol–water partition coefficient (Wildman–Crippen LogP) is 1.32. The van der Waals surface area contributed by atoms with E-state index in [1.165, 1.54) is 22.2 Å². The van der Waals surface area contributed by atoms with E-state index in [0.717, 1.165) is 5.56 Å². The van der Waals surface area contributed by atoms with Crippen molar-refractivity contribution in [1.82, 2.24) is 20.0 Å². The topological polar surface area (TPSA) is 109 Å². The van der Waals surface area contributed by atoms with Crippen LogP contribution in [0.1, 0.15) is 28.9 Å². The molecule has 0 aliphatic carbocycles. The molecular formula is C20H21N5O4. The summed E-state index contributed by atoms with van der Waals surface area (Å²) < 4.78 is 0. The number of nitrogens with zero attached hydrogens (tertiary/aromatic N) is 4. The van der Waals surface area contributed by atoms with E-state index in [-0.39, 0.29) is 24.4 Å². The molecule has 2 saturated heterocycles. The Balaban J connectivity index is 1.42. The number of piperidine rings is 1. The van der Waals surface area contributed by atoms with E-state index in [2.05, 4.69) is 4.98 Å². The standard InChI is InChI=1S/C20H21N5O4/c21-24(18(26)16-8-4-5-11-22-16)19(27)17-10-9-15-12-23(17)20(28)25(15)29-13-14-6-2-1-3-7-14/h1-8,11,15,17H,9-10,12-13,21H2/t15-,17+/m1/s1. The Morgan fingerprint density at radius 1 is 1.14 bits per heavy atom. The van der Waals surface area contributed by atoms with Gasteiger partial charge in [0.25, 0.3) is 11.8 Å². The highest BCUT2D eigenvalue weighted by atomic mass is 16.7. The highest BCUT2D eigenvalue weighted by Gasteiger charge is 2.49. The van der Waals surface area contributed by atoms with Crippen LogP contribution in [0.3, 0.4) is 0 Å². The Bertz CT molecular complexity index is 908. The Kier molecular flexibility index (Phi) is 5.24. The third kappa shape index (κ3) is 3.69. The molecule has 2 fully saturated rings. The third-order valence-corrected chi connectivity index (χ3v) is 5.16. The van der Waals surface area contributed by atoms with Crippen LogP contribution in [-0.2, 0) is 16.2 Å². The maximum absolute atomic E-state index is 12.8. The lowest BCUT2D eigenvalue weighted by atomic mass is 10.00. The molecule has 2 aromatic rings. The van der Waals surface area contributed by atoms with E-state index in [1.807, 2.05) is 30.3 Å². The number of hydrogen-bond donors (Lipinski definition) is 1. The number of urea groups is 1. The number of imide groups is 1. The summed E-state index contributed by atoms with van der Waals surface area (Å²) in [6.45, 7) is 0.617. The van der Waals surface area contributed by atoms with Crippen molar-refractivity contribution < 1.29 is 19.2 Å². The number of fused-ring (bicyclic) bond motifs is 2. The summed E-state index contributed by atoms with van der Waals surface area (Å²) in [6, 6.07) is 13.0. The molecule has 4 amide bonds. The predicted molar refractivity (Wildman–Crippen MR) is 102 cm³/mol. The summed E-state index contributed by atoms with van der Waals surface area (Å²) in [5.74, 6) is 4.45. The summed E-state index contributed by atoms with van der Waals surface area (Å²) in [5.41, 5.74) is 1.01. The molecule has 0 radical (unpaired) electrons.